The molecule has 0 aromatic carbocycles. The van der Waals surface area contributed by atoms with Crippen molar-refractivity contribution in [3.63, 3.8) is 0 Å². The van der Waals surface area contributed by atoms with E-state index in [1.807, 2.05) is 18.2 Å². The van der Waals surface area contributed by atoms with Crippen molar-refractivity contribution in [2.75, 3.05) is 40.3 Å². The van der Waals surface area contributed by atoms with Crippen LogP contribution in [0.4, 0.5) is 0 Å². The van der Waals surface area contributed by atoms with Gasteiger partial charge in [-0.2, -0.15) is 0 Å². The number of imide groups is 1. The van der Waals surface area contributed by atoms with Gasteiger partial charge in [-0.3, -0.25) is 29.3 Å². The molecule has 3 amide bonds. The Morgan fingerprint density at radius 1 is 1.18 bits per heavy atom. The number of aromatic nitrogens is 1. The highest BCUT2D eigenvalue weighted by Crippen LogP contribution is 2.52. The summed E-state index contributed by atoms with van der Waals surface area (Å²) in [7, 11) is 3.37. The molecule has 3 aliphatic rings. The van der Waals surface area contributed by atoms with Gasteiger partial charge in [0.25, 0.3) is 0 Å². The summed E-state index contributed by atoms with van der Waals surface area (Å²) in [6, 6.07) is 5.73. The van der Waals surface area contributed by atoms with Crippen LogP contribution in [0.5, 0.6) is 0 Å². The van der Waals surface area contributed by atoms with Crippen LogP contribution >= 0.6 is 24.0 Å². The monoisotopic (exact) mass is 566 g/mol. The van der Waals surface area contributed by atoms with E-state index in [1.165, 1.54) is 4.90 Å². The first kappa shape index (κ1) is 25.1. The molecule has 2 heterocycles. The molecule has 2 aliphatic carbocycles. The molecule has 1 saturated carbocycles. The first-order chi connectivity index (χ1) is 15.5. The van der Waals surface area contributed by atoms with Gasteiger partial charge in [0.1, 0.15) is 0 Å². The molecule has 2 bridgehead atoms. The molecule has 4 unspecified atom stereocenters. The van der Waals surface area contributed by atoms with E-state index in [9.17, 15) is 14.4 Å². The van der Waals surface area contributed by atoms with Gasteiger partial charge in [-0.05, 0) is 30.4 Å². The second kappa shape index (κ2) is 11.1. The van der Waals surface area contributed by atoms with E-state index in [0.717, 1.165) is 12.1 Å². The lowest BCUT2D eigenvalue weighted by Crippen LogP contribution is -2.46. The third-order valence-corrected chi connectivity index (χ3v) is 6.68. The molecule has 2 N–H and O–H groups in total. The molecule has 1 aromatic heterocycles. The maximum atomic E-state index is 12.7. The Balaban J connectivity index is 0.00000306. The van der Waals surface area contributed by atoms with Crippen molar-refractivity contribution in [3.8, 4) is 0 Å². The lowest BCUT2D eigenvalue weighted by Gasteiger charge is -2.20. The van der Waals surface area contributed by atoms with Gasteiger partial charge in [0.2, 0.25) is 17.7 Å². The lowest BCUT2D eigenvalue weighted by atomic mass is 9.85. The van der Waals surface area contributed by atoms with Crippen LogP contribution in [-0.4, -0.2) is 78.7 Å². The Labute approximate surface area is 211 Å². The second-order valence-electron chi connectivity index (χ2n) is 8.57. The number of carbonyl (C=O) groups is 3. The number of carbonyl (C=O) groups excluding carboxylic acids is 3. The summed E-state index contributed by atoms with van der Waals surface area (Å²) in [4.78, 5) is 49.3. The number of nitrogens with zero attached hydrogens (tertiary/aromatic N) is 4. The Bertz CT molecular complexity index is 907. The van der Waals surface area contributed by atoms with Gasteiger partial charge in [0, 0.05) is 52.0 Å². The van der Waals surface area contributed by atoms with Crippen LogP contribution in [0.15, 0.2) is 41.5 Å². The number of amides is 3. The minimum atomic E-state index is -0.172. The van der Waals surface area contributed by atoms with Gasteiger partial charge in [-0.25, -0.2) is 0 Å². The Morgan fingerprint density at radius 2 is 1.88 bits per heavy atom. The lowest BCUT2D eigenvalue weighted by molar-refractivity contribution is -0.140. The average molecular weight is 566 g/mol. The van der Waals surface area contributed by atoms with E-state index >= 15 is 0 Å². The number of hydrogen-bond acceptors (Lipinski definition) is 5. The first-order valence-corrected chi connectivity index (χ1v) is 11.1. The normalized spacial score (nSPS) is 25.2. The summed E-state index contributed by atoms with van der Waals surface area (Å²) in [5.74, 6) is 0.382. The quantitative estimate of drug-likeness (QED) is 0.158. The van der Waals surface area contributed by atoms with Crippen LogP contribution in [0, 0.1) is 23.7 Å². The minimum Gasteiger partial charge on any atom is -0.355 e. The van der Waals surface area contributed by atoms with Crippen LogP contribution in [0.1, 0.15) is 12.1 Å². The molecule has 1 aromatic rings. The zero-order valence-corrected chi connectivity index (χ0v) is 21.3. The fourth-order valence-corrected chi connectivity index (χ4v) is 4.94. The predicted molar refractivity (Wildman–Crippen MR) is 135 cm³/mol. The minimum absolute atomic E-state index is 0. The number of hydrogen-bond donors (Lipinski definition) is 2. The van der Waals surface area contributed by atoms with Gasteiger partial charge in [-0.1, -0.05) is 18.2 Å². The number of aliphatic imine (C=N–C) groups is 1. The predicted octanol–water partition coefficient (Wildman–Crippen LogP) is 0.673. The third kappa shape index (κ3) is 5.36. The molecule has 0 spiro atoms. The summed E-state index contributed by atoms with van der Waals surface area (Å²) < 4.78 is 0. The zero-order chi connectivity index (χ0) is 22.7. The van der Waals surface area contributed by atoms with Gasteiger partial charge in [0.05, 0.1) is 18.4 Å². The molecule has 4 atom stereocenters. The molecule has 10 heteroatoms. The largest absolute Gasteiger partial charge is 0.355 e. The SMILES string of the molecule is CN=C(NCCN1C(=O)C2C3C=CC(C3)C2C1=O)NCC(=O)N(C)CCc1ccccn1.I. The van der Waals surface area contributed by atoms with Crippen molar-refractivity contribution < 1.29 is 14.4 Å². The number of allylic oxidation sites excluding steroid dienone is 2. The van der Waals surface area contributed by atoms with Crippen LogP contribution in [0.2, 0.25) is 0 Å². The average Bonchev–Trinajstić information content (AvgIpc) is 3.49. The molecule has 9 nitrogen and oxygen atoms in total. The molecular formula is C23H31IN6O3. The van der Waals surface area contributed by atoms with Crippen molar-refractivity contribution >= 4 is 47.7 Å². The number of rotatable bonds is 8. The summed E-state index contributed by atoms with van der Waals surface area (Å²) in [6.07, 6.45) is 7.54. The third-order valence-electron chi connectivity index (χ3n) is 6.68. The van der Waals surface area contributed by atoms with Gasteiger partial charge in [0.15, 0.2) is 5.96 Å². The maximum absolute atomic E-state index is 12.7. The molecule has 2 fully saturated rings. The number of likely N-dealkylation sites (tertiary alicyclic amines) is 1. The van der Waals surface area contributed by atoms with E-state index in [2.05, 4.69) is 32.8 Å². The van der Waals surface area contributed by atoms with E-state index in [-0.39, 0.29) is 71.9 Å². The first-order valence-electron chi connectivity index (χ1n) is 11.1. The highest BCUT2D eigenvalue weighted by Gasteiger charge is 2.58. The van der Waals surface area contributed by atoms with E-state index in [0.29, 0.717) is 32.0 Å². The topological polar surface area (TPSA) is 107 Å². The molecule has 4 rings (SSSR count). The standard InChI is InChI=1S/C23H30N6O3.HI/c1-24-23(27-14-18(30)28(2)11-8-17-5-3-4-9-25-17)26-10-12-29-21(31)19-15-6-7-16(13-15)20(19)22(29)32;/h3-7,9,15-16,19-20H,8,10-14H2,1-2H3,(H2,24,26,27);1H. The number of guanidine groups is 1. The fourth-order valence-electron chi connectivity index (χ4n) is 4.94. The Morgan fingerprint density at radius 3 is 2.48 bits per heavy atom. The molecular weight excluding hydrogens is 535 g/mol. The van der Waals surface area contributed by atoms with E-state index in [4.69, 9.17) is 0 Å². The fraction of sp³-hybridized carbons (Fsp3) is 0.522. The van der Waals surface area contributed by atoms with Crippen LogP contribution < -0.4 is 10.6 Å². The van der Waals surface area contributed by atoms with Gasteiger partial charge in [-0.15, -0.1) is 24.0 Å². The van der Waals surface area contributed by atoms with Crippen molar-refractivity contribution in [1.82, 2.24) is 25.4 Å². The maximum Gasteiger partial charge on any atom is 0.241 e. The summed E-state index contributed by atoms with van der Waals surface area (Å²) in [5.41, 5.74) is 0.941. The van der Waals surface area contributed by atoms with Crippen molar-refractivity contribution in [3.05, 3.63) is 42.2 Å². The van der Waals surface area contributed by atoms with E-state index < -0.39 is 0 Å². The van der Waals surface area contributed by atoms with Gasteiger partial charge >= 0.3 is 0 Å². The molecule has 33 heavy (non-hydrogen) atoms. The zero-order valence-electron chi connectivity index (χ0n) is 18.9. The second-order valence-corrected chi connectivity index (χ2v) is 8.57. The van der Waals surface area contributed by atoms with Crippen LogP contribution in [-0.2, 0) is 20.8 Å². The summed E-state index contributed by atoms with van der Waals surface area (Å²) >= 11 is 0. The van der Waals surface area contributed by atoms with Crippen LogP contribution in [0.3, 0.4) is 0 Å². The Hall–Kier alpha value is -2.50. The summed E-state index contributed by atoms with van der Waals surface area (Å²) in [6.45, 7) is 1.34. The Kier molecular flexibility index (Phi) is 8.44. The van der Waals surface area contributed by atoms with Crippen LogP contribution in [0.25, 0.3) is 0 Å². The van der Waals surface area contributed by atoms with Gasteiger partial charge < -0.3 is 15.5 Å². The molecule has 1 aliphatic heterocycles. The number of halogens is 1. The smallest absolute Gasteiger partial charge is 0.241 e. The van der Waals surface area contributed by atoms with Crippen molar-refractivity contribution in [2.45, 2.75) is 12.8 Å². The van der Waals surface area contributed by atoms with Crippen molar-refractivity contribution in [1.29, 1.82) is 0 Å². The highest BCUT2D eigenvalue weighted by atomic mass is 127. The number of nitrogens with one attached hydrogen (secondary N) is 2. The molecule has 1 saturated heterocycles. The number of fused-ring (bicyclic) bond motifs is 5. The van der Waals surface area contributed by atoms with E-state index in [1.54, 1.807) is 25.2 Å². The van der Waals surface area contributed by atoms with Crippen molar-refractivity contribution in [2.24, 2.45) is 28.7 Å². The summed E-state index contributed by atoms with van der Waals surface area (Å²) in [5, 5.41) is 6.08. The molecule has 0 radical (unpaired) electrons. The highest BCUT2D eigenvalue weighted by molar-refractivity contribution is 14.0. The molecule has 178 valence electrons. The number of likely N-dealkylation sites (N-methyl/N-ethyl adjacent to an activating group) is 1. The number of pyridine rings is 1.